The van der Waals surface area contributed by atoms with Gasteiger partial charge in [-0.3, -0.25) is 14.2 Å². The van der Waals surface area contributed by atoms with Crippen molar-refractivity contribution in [2.24, 2.45) is 0 Å². The van der Waals surface area contributed by atoms with Crippen LogP contribution < -0.4 is 5.32 Å². The summed E-state index contributed by atoms with van der Waals surface area (Å²) < 4.78 is 1.96. The first-order chi connectivity index (χ1) is 18.9. The maximum atomic E-state index is 13.1. The largest absolute Gasteiger partial charge is 0.325 e. The number of carbonyl (C=O) groups excluding carboxylic acids is 2. The second-order valence-corrected chi connectivity index (χ2v) is 10.4. The summed E-state index contributed by atoms with van der Waals surface area (Å²) in [6, 6.07) is 29.8. The first-order valence-corrected chi connectivity index (χ1v) is 13.7. The molecule has 1 heterocycles. The quantitative estimate of drug-likeness (QED) is 0.163. The molecule has 0 atom stereocenters. The monoisotopic (exact) mass is 552 g/mol. The second-order valence-electron chi connectivity index (χ2n) is 9.00. The van der Waals surface area contributed by atoms with Gasteiger partial charge < -0.3 is 5.32 Å². The highest BCUT2D eigenvalue weighted by atomic mass is 35.5. The number of hydrogen-bond acceptors (Lipinski definition) is 5. The normalized spacial score (nSPS) is 10.8. The van der Waals surface area contributed by atoms with E-state index in [4.69, 9.17) is 11.6 Å². The highest BCUT2D eigenvalue weighted by molar-refractivity contribution is 7.99. The minimum atomic E-state index is -0.277. The van der Waals surface area contributed by atoms with Crippen LogP contribution in [0.15, 0.2) is 102 Å². The van der Waals surface area contributed by atoms with Crippen molar-refractivity contribution in [3.8, 4) is 17.1 Å². The number of anilines is 1. The highest BCUT2D eigenvalue weighted by Crippen LogP contribution is 2.29. The first-order valence-electron chi connectivity index (χ1n) is 12.3. The van der Waals surface area contributed by atoms with Crippen LogP contribution in [0.2, 0.25) is 5.02 Å². The number of aromatic nitrogens is 3. The molecule has 0 fully saturated rings. The smallest absolute Gasteiger partial charge is 0.234 e. The number of benzene rings is 4. The van der Waals surface area contributed by atoms with Crippen molar-refractivity contribution < 1.29 is 9.59 Å². The topological polar surface area (TPSA) is 76.9 Å². The van der Waals surface area contributed by atoms with Crippen molar-refractivity contribution >= 4 is 40.7 Å². The molecule has 4 aromatic carbocycles. The number of hydrogen-bond donors (Lipinski definition) is 1. The Morgan fingerprint density at radius 2 is 1.56 bits per heavy atom. The number of ketones is 1. The zero-order valence-corrected chi connectivity index (χ0v) is 23.0. The van der Waals surface area contributed by atoms with Gasteiger partial charge in [-0.1, -0.05) is 90.1 Å². The van der Waals surface area contributed by atoms with Gasteiger partial charge in [0.2, 0.25) is 5.91 Å². The summed E-state index contributed by atoms with van der Waals surface area (Å²) in [6.07, 6.45) is 0. The van der Waals surface area contributed by atoms with Crippen LogP contribution >= 0.6 is 23.4 Å². The van der Waals surface area contributed by atoms with Gasteiger partial charge in [-0.15, -0.1) is 10.2 Å². The van der Waals surface area contributed by atoms with E-state index in [1.807, 2.05) is 47.0 Å². The number of halogens is 1. The molecule has 5 rings (SSSR count). The van der Waals surface area contributed by atoms with Gasteiger partial charge in [0.15, 0.2) is 16.8 Å². The fourth-order valence-corrected chi connectivity index (χ4v) is 5.03. The van der Waals surface area contributed by atoms with Crippen LogP contribution in [-0.2, 0) is 4.79 Å². The first kappa shape index (κ1) is 26.4. The molecule has 1 amide bonds. The van der Waals surface area contributed by atoms with Crippen LogP contribution in [0.25, 0.3) is 17.1 Å². The van der Waals surface area contributed by atoms with Crippen molar-refractivity contribution in [2.45, 2.75) is 19.0 Å². The molecular weight excluding hydrogens is 528 g/mol. The maximum absolute atomic E-state index is 13.1. The Hall–Kier alpha value is -4.20. The number of carbonyl (C=O) groups is 2. The fraction of sp³-hybridized carbons (Fsp3) is 0.0968. The third-order valence-corrected chi connectivity index (χ3v) is 7.45. The molecular formula is C31H25ClN4O2S. The van der Waals surface area contributed by atoms with Crippen molar-refractivity contribution in [3.05, 3.63) is 124 Å². The lowest BCUT2D eigenvalue weighted by Gasteiger charge is -2.13. The van der Waals surface area contributed by atoms with Gasteiger partial charge >= 0.3 is 0 Å². The summed E-state index contributed by atoms with van der Waals surface area (Å²) in [5.41, 5.74) is 5.41. The summed E-state index contributed by atoms with van der Waals surface area (Å²) in [5, 5.41) is 12.8. The Balaban J connectivity index is 1.40. The van der Waals surface area contributed by atoms with Gasteiger partial charge in [0, 0.05) is 21.7 Å². The summed E-state index contributed by atoms with van der Waals surface area (Å²) >= 11 is 7.46. The Kier molecular flexibility index (Phi) is 7.91. The molecule has 0 saturated carbocycles. The van der Waals surface area contributed by atoms with Crippen LogP contribution in [0, 0.1) is 13.8 Å². The molecule has 8 heteroatoms. The molecule has 1 N–H and O–H groups in total. The van der Waals surface area contributed by atoms with E-state index >= 15 is 0 Å². The minimum absolute atomic E-state index is 0.0688. The van der Waals surface area contributed by atoms with Crippen molar-refractivity contribution in [3.63, 3.8) is 0 Å². The predicted molar refractivity (Wildman–Crippen MR) is 157 cm³/mol. The van der Waals surface area contributed by atoms with Gasteiger partial charge in [0.1, 0.15) is 0 Å². The Morgan fingerprint density at radius 3 is 2.28 bits per heavy atom. The van der Waals surface area contributed by atoms with E-state index in [9.17, 15) is 9.59 Å². The molecule has 0 bridgehead atoms. The summed E-state index contributed by atoms with van der Waals surface area (Å²) in [6.45, 7) is 4.13. The zero-order valence-electron chi connectivity index (χ0n) is 21.4. The Bertz CT molecular complexity index is 1650. The van der Waals surface area contributed by atoms with Crippen molar-refractivity contribution in [1.29, 1.82) is 0 Å². The lowest BCUT2D eigenvalue weighted by atomic mass is 10.0. The van der Waals surface area contributed by atoms with Crippen LogP contribution in [0.4, 0.5) is 5.69 Å². The van der Waals surface area contributed by atoms with Crippen LogP contribution in [-0.4, -0.2) is 32.2 Å². The van der Waals surface area contributed by atoms with Crippen LogP contribution in [0.5, 0.6) is 0 Å². The van der Waals surface area contributed by atoms with Gasteiger partial charge in [-0.05, 0) is 55.3 Å². The van der Waals surface area contributed by atoms with Gasteiger partial charge in [0.25, 0.3) is 0 Å². The molecule has 1 aromatic heterocycles. The molecule has 39 heavy (non-hydrogen) atoms. The predicted octanol–water partition coefficient (Wildman–Crippen LogP) is 7.17. The average Bonchev–Trinajstić information content (AvgIpc) is 3.39. The van der Waals surface area contributed by atoms with Crippen molar-refractivity contribution in [2.75, 3.05) is 11.1 Å². The van der Waals surface area contributed by atoms with E-state index in [-0.39, 0.29) is 17.4 Å². The van der Waals surface area contributed by atoms with Crippen LogP contribution in [0.1, 0.15) is 27.0 Å². The van der Waals surface area contributed by atoms with E-state index in [1.54, 1.807) is 42.5 Å². The highest BCUT2D eigenvalue weighted by Gasteiger charge is 2.19. The molecule has 0 aliphatic rings. The third-order valence-electron chi connectivity index (χ3n) is 6.28. The minimum Gasteiger partial charge on any atom is -0.325 e. The summed E-state index contributed by atoms with van der Waals surface area (Å²) in [7, 11) is 0. The molecule has 0 aliphatic carbocycles. The number of nitrogens with zero attached hydrogens (tertiary/aromatic N) is 3. The Labute approximate surface area is 236 Å². The standard InChI is InChI=1S/C31H25ClN4O2S/c1-20-13-15-25(17-21(20)2)36-30(23-11-7-4-8-12-23)34-35-31(36)39-19-28(37)33-27-16-14-24(32)18-26(27)29(38)22-9-5-3-6-10-22/h3-18H,19H2,1-2H3,(H,33,37). The van der Waals surface area contributed by atoms with E-state index in [0.29, 0.717) is 32.8 Å². The van der Waals surface area contributed by atoms with Gasteiger partial charge in [-0.2, -0.15) is 0 Å². The maximum Gasteiger partial charge on any atom is 0.234 e. The fourth-order valence-electron chi connectivity index (χ4n) is 4.11. The number of thioether (sulfide) groups is 1. The van der Waals surface area contributed by atoms with E-state index in [1.165, 1.54) is 17.3 Å². The van der Waals surface area contributed by atoms with Gasteiger partial charge in [0.05, 0.1) is 17.1 Å². The summed E-state index contributed by atoms with van der Waals surface area (Å²) in [5.74, 6) is 0.262. The number of rotatable bonds is 8. The number of amides is 1. The molecule has 0 aliphatic heterocycles. The van der Waals surface area contributed by atoms with E-state index in [2.05, 4.69) is 41.5 Å². The molecule has 0 spiro atoms. The van der Waals surface area contributed by atoms with E-state index < -0.39 is 0 Å². The molecule has 5 aromatic rings. The lowest BCUT2D eigenvalue weighted by Crippen LogP contribution is -2.17. The third kappa shape index (κ3) is 5.95. The summed E-state index contributed by atoms with van der Waals surface area (Å²) in [4.78, 5) is 26.2. The molecule has 6 nitrogen and oxygen atoms in total. The Morgan fingerprint density at radius 1 is 0.846 bits per heavy atom. The second kappa shape index (κ2) is 11.7. The van der Waals surface area contributed by atoms with Crippen molar-refractivity contribution in [1.82, 2.24) is 14.8 Å². The molecule has 0 saturated heterocycles. The molecule has 0 unspecified atom stereocenters. The molecule has 194 valence electrons. The lowest BCUT2D eigenvalue weighted by molar-refractivity contribution is -0.113. The number of aryl methyl sites for hydroxylation is 2. The van der Waals surface area contributed by atoms with E-state index in [0.717, 1.165) is 16.8 Å². The average molecular weight is 553 g/mol. The van der Waals surface area contributed by atoms with Crippen LogP contribution in [0.3, 0.4) is 0 Å². The zero-order chi connectivity index (χ0) is 27.4. The van der Waals surface area contributed by atoms with Gasteiger partial charge in [-0.25, -0.2) is 0 Å². The molecule has 0 radical (unpaired) electrons. The number of nitrogens with one attached hydrogen (secondary N) is 1. The SMILES string of the molecule is Cc1ccc(-n2c(SCC(=O)Nc3ccc(Cl)cc3C(=O)c3ccccc3)nnc2-c2ccccc2)cc1C.